The number of hydrogen-bond acceptors (Lipinski definition) is 6. The third-order valence-corrected chi connectivity index (χ3v) is 5.95. The Morgan fingerprint density at radius 2 is 1.89 bits per heavy atom. The van der Waals surface area contributed by atoms with Crippen molar-refractivity contribution >= 4 is 29.7 Å². The van der Waals surface area contributed by atoms with Crippen LogP contribution in [0, 0.1) is 5.92 Å². The molecule has 0 aliphatic carbocycles. The fourth-order valence-corrected chi connectivity index (χ4v) is 3.89. The number of hydrogen-bond donors (Lipinski definition) is 3. The summed E-state index contributed by atoms with van der Waals surface area (Å²) < 4.78 is 38.6. The van der Waals surface area contributed by atoms with Crippen LogP contribution in [0.25, 0.3) is 0 Å². The Kier molecular flexibility index (Phi) is 7.05. The summed E-state index contributed by atoms with van der Waals surface area (Å²) in [5.74, 6) is 6.15. The first-order chi connectivity index (χ1) is 17.5. The zero-order valence-corrected chi connectivity index (χ0v) is 20.1. The highest BCUT2D eigenvalue weighted by Crippen LogP contribution is 2.34. The molecule has 1 aromatic carbocycles. The van der Waals surface area contributed by atoms with Crippen molar-refractivity contribution in [3.63, 3.8) is 0 Å². The van der Waals surface area contributed by atoms with Gasteiger partial charge in [-0.3, -0.25) is 14.6 Å². The molecule has 2 amide bonds. The smallest absolute Gasteiger partial charge is 0.355 e. The molecule has 9 nitrogen and oxygen atoms in total. The lowest BCUT2D eigenvalue weighted by Gasteiger charge is -2.26. The van der Waals surface area contributed by atoms with E-state index in [2.05, 4.69) is 20.6 Å². The molecule has 2 aliphatic heterocycles. The second-order valence-corrected chi connectivity index (χ2v) is 8.58. The highest BCUT2D eigenvalue weighted by molar-refractivity contribution is 6.05. The predicted octanol–water partition coefficient (Wildman–Crippen LogP) is 3.73. The van der Waals surface area contributed by atoms with Gasteiger partial charge in [-0.25, -0.2) is 4.98 Å². The summed E-state index contributed by atoms with van der Waals surface area (Å²) in [5.41, 5.74) is 1.27. The average molecular weight is 513 g/mol. The number of nitrogens with two attached hydrogens (primary N) is 1. The first kappa shape index (κ1) is 25.9. The number of nitrogens with one attached hydrogen (secondary N) is 2. The molecular weight excluding hydrogens is 487 g/mol. The molecule has 0 fully saturated rings. The molecule has 4 rings (SSSR count). The Bertz CT molecular complexity index is 1350. The van der Waals surface area contributed by atoms with Gasteiger partial charge < -0.3 is 10.6 Å². The molecule has 3 heterocycles. The van der Waals surface area contributed by atoms with Crippen molar-refractivity contribution in [3.05, 3.63) is 83.1 Å². The fraction of sp³-hybridized carbons (Fsp3) is 0.240. The van der Waals surface area contributed by atoms with Crippen molar-refractivity contribution in [2.75, 3.05) is 11.9 Å². The molecule has 2 aromatic rings. The maximum absolute atomic E-state index is 12.9. The van der Waals surface area contributed by atoms with Gasteiger partial charge in [0.25, 0.3) is 11.7 Å². The number of pyridine rings is 1. The Morgan fingerprint density at radius 1 is 1.16 bits per heavy atom. The van der Waals surface area contributed by atoms with Crippen LogP contribution >= 0.6 is 0 Å². The number of anilines is 1. The summed E-state index contributed by atoms with van der Waals surface area (Å²) >= 11 is 0. The van der Waals surface area contributed by atoms with E-state index in [1.165, 1.54) is 12.1 Å². The average Bonchev–Trinajstić information content (AvgIpc) is 3.19. The van der Waals surface area contributed by atoms with E-state index in [-0.39, 0.29) is 27.8 Å². The van der Waals surface area contributed by atoms with Crippen LogP contribution < -0.4 is 16.5 Å². The van der Waals surface area contributed by atoms with Gasteiger partial charge in [0.2, 0.25) is 11.6 Å². The van der Waals surface area contributed by atoms with Gasteiger partial charge in [-0.05, 0) is 36.4 Å². The van der Waals surface area contributed by atoms with Crippen LogP contribution in [0.1, 0.15) is 41.8 Å². The number of amides is 2. The van der Waals surface area contributed by atoms with Crippen LogP contribution in [0.5, 0.6) is 0 Å². The number of nitrogens with zero attached hydrogens (tertiary/aromatic N) is 4. The number of aromatic nitrogens is 1. The largest absolute Gasteiger partial charge is 0.416 e. The second kappa shape index (κ2) is 10.1. The van der Waals surface area contributed by atoms with Crippen LogP contribution in [-0.4, -0.2) is 40.0 Å². The molecule has 0 spiro atoms. The summed E-state index contributed by atoms with van der Waals surface area (Å²) in [6, 6.07) is 7.96. The van der Waals surface area contributed by atoms with Crippen molar-refractivity contribution in [1.82, 2.24) is 10.3 Å². The van der Waals surface area contributed by atoms with Gasteiger partial charge in [-0.2, -0.15) is 24.0 Å². The van der Waals surface area contributed by atoms with E-state index in [9.17, 15) is 22.8 Å². The van der Waals surface area contributed by atoms with Gasteiger partial charge in [-0.1, -0.05) is 13.8 Å². The van der Waals surface area contributed by atoms with E-state index in [1.54, 1.807) is 37.7 Å². The van der Waals surface area contributed by atoms with Gasteiger partial charge >= 0.3 is 6.18 Å². The molecule has 0 saturated carbocycles. The lowest BCUT2D eigenvalue weighted by molar-refractivity contribution is -0.750. The van der Waals surface area contributed by atoms with Gasteiger partial charge in [0.05, 0.1) is 23.5 Å². The Hall–Kier alpha value is -4.16. The minimum Gasteiger partial charge on any atom is -0.355 e. The van der Waals surface area contributed by atoms with E-state index in [1.807, 2.05) is 6.92 Å². The minimum atomic E-state index is -4.55. The number of rotatable bonds is 7. The van der Waals surface area contributed by atoms with Gasteiger partial charge in [0, 0.05) is 30.6 Å². The molecular formula is C25H25F3N7O2+. The fourth-order valence-electron chi connectivity index (χ4n) is 3.89. The van der Waals surface area contributed by atoms with E-state index in [0.717, 1.165) is 18.3 Å². The molecule has 4 N–H and O–H groups in total. The molecule has 2 atom stereocenters. The third kappa shape index (κ3) is 5.34. The summed E-state index contributed by atoms with van der Waals surface area (Å²) in [4.78, 5) is 37.1. The van der Waals surface area contributed by atoms with E-state index in [4.69, 9.17) is 10.8 Å². The number of alkyl halides is 3. The van der Waals surface area contributed by atoms with Crippen molar-refractivity contribution in [1.29, 1.82) is 0 Å². The van der Waals surface area contributed by atoms with E-state index < -0.39 is 17.6 Å². The van der Waals surface area contributed by atoms with Crippen LogP contribution in [-0.2, 0) is 11.0 Å². The number of fused-ring (bicyclic) bond motifs is 1. The molecule has 0 saturated heterocycles. The normalized spacial score (nSPS) is 19.4. The Morgan fingerprint density at radius 3 is 2.57 bits per heavy atom. The van der Waals surface area contributed by atoms with Gasteiger partial charge in [0.15, 0.2) is 0 Å². The van der Waals surface area contributed by atoms with E-state index >= 15 is 0 Å². The van der Waals surface area contributed by atoms with Gasteiger partial charge in [0.1, 0.15) is 17.7 Å². The van der Waals surface area contributed by atoms with Crippen molar-refractivity contribution in [3.8, 4) is 0 Å². The number of benzene rings is 1. The number of carbonyl (C=O) groups excluding carboxylic acids is 2. The number of halogens is 3. The molecule has 0 radical (unpaired) electrons. The summed E-state index contributed by atoms with van der Waals surface area (Å²) in [6.45, 7) is 4.08. The third-order valence-electron chi connectivity index (χ3n) is 5.95. The standard InChI is InChI=1S/C25H24F3N7O2/c1-3-21(36)32-13-15(2)22-19-14-30-10-11-35(19,29)23(34-22)16-4-6-17(7-5-16)24(37)33-20-12-18(8-9-31-20)25(26,27)28/h4-12,14-15H,3,13,29H2,1-2H3,(H-,31,32,33,36,37)/p+1. The molecule has 12 heteroatoms. The predicted molar refractivity (Wildman–Crippen MR) is 132 cm³/mol. The van der Waals surface area contributed by atoms with Crippen molar-refractivity contribution in [2.45, 2.75) is 26.4 Å². The zero-order valence-electron chi connectivity index (χ0n) is 20.1. The Labute approximate surface area is 210 Å². The number of carbonyl (C=O) groups is 2. The summed E-state index contributed by atoms with van der Waals surface area (Å²) in [7, 11) is 0. The van der Waals surface area contributed by atoms with Gasteiger partial charge in [-0.15, -0.1) is 4.59 Å². The number of allylic oxidation sites excluding steroid dienone is 1. The first-order valence-corrected chi connectivity index (χ1v) is 11.5. The quantitative estimate of drug-likeness (QED) is 0.387. The maximum Gasteiger partial charge on any atom is 0.416 e. The van der Waals surface area contributed by atoms with Crippen LogP contribution in [0.2, 0.25) is 0 Å². The minimum absolute atomic E-state index is 0.0699. The monoisotopic (exact) mass is 512 g/mol. The zero-order chi connectivity index (χ0) is 26.8. The lowest BCUT2D eigenvalue weighted by atomic mass is 10.1. The molecule has 2 unspecified atom stereocenters. The number of aliphatic imine (C=N–C) groups is 2. The number of quaternary nitrogens is 1. The van der Waals surface area contributed by atoms with Crippen molar-refractivity contribution < 1.29 is 27.4 Å². The second-order valence-electron chi connectivity index (χ2n) is 8.58. The highest BCUT2D eigenvalue weighted by Gasteiger charge is 2.45. The van der Waals surface area contributed by atoms with E-state index in [0.29, 0.717) is 35.8 Å². The lowest BCUT2D eigenvalue weighted by Crippen LogP contribution is -2.53. The highest BCUT2D eigenvalue weighted by atomic mass is 19.4. The molecule has 37 heavy (non-hydrogen) atoms. The molecule has 192 valence electrons. The Balaban J connectivity index is 1.55. The molecule has 0 bridgehead atoms. The SMILES string of the molecule is CCC(=O)NCC(C)C1=C2C=NC=C[N+]2(N)C(c2ccc(C(=O)Nc3cc(C(F)(F)F)ccn3)cc2)=N1. The molecule has 1 aromatic heterocycles. The van der Waals surface area contributed by atoms with Crippen LogP contribution in [0.3, 0.4) is 0 Å². The maximum atomic E-state index is 12.9. The topological polar surface area (TPSA) is 122 Å². The molecule has 2 aliphatic rings. The number of amidine groups is 1. The van der Waals surface area contributed by atoms with Crippen LogP contribution in [0.4, 0.5) is 19.0 Å². The first-order valence-electron chi connectivity index (χ1n) is 11.5. The van der Waals surface area contributed by atoms with Crippen molar-refractivity contribution in [2.24, 2.45) is 21.7 Å². The van der Waals surface area contributed by atoms with Crippen LogP contribution in [0.15, 0.2) is 76.4 Å². The summed E-state index contributed by atoms with van der Waals surface area (Å²) in [6.07, 6.45) is 1.68. The summed E-state index contributed by atoms with van der Waals surface area (Å²) in [5, 5.41) is 5.24.